The molecule has 0 aliphatic heterocycles. The molecule has 0 fully saturated rings. The van der Waals surface area contributed by atoms with Crippen LogP contribution in [0.25, 0.3) is 5.82 Å². The monoisotopic (exact) mass is 454 g/mol. The van der Waals surface area contributed by atoms with Crippen LogP contribution in [0, 0.1) is 0 Å². The molecule has 0 aliphatic rings. The Hall–Kier alpha value is -3.28. The number of anilines is 1. The second-order valence-electron chi connectivity index (χ2n) is 6.46. The maximum Gasteiger partial charge on any atom is 0.419 e. The number of pyridine rings is 1. The lowest BCUT2D eigenvalue weighted by atomic mass is 10.2. The van der Waals surface area contributed by atoms with Crippen molar-refractivity contribution in [1.29, 1.82) is 0 Å². The molecule has 1 atom stereocenters. The minimum atomic E-state index is -4.51. The zero-order chi connectivity index (χ0) is 22.6. The number of hydrogen-bond donors (Lipinski definition) is 1. The Morgan fingerprint density at radius 1 is 1.19 bits per heavy atom. The molecular weight excluding hydrogens is 437 g/mol. The number of hydrogen-bond acceptors (Lipinski definition) is 7. The lowest BCUT2D eigenvalue weighted by Crippen LogP contribution is -2.42. The Bertz CT molecular complexity index is 1030. The van der Waals surface area contributed by atoms with E-state index in [0.29, 0.717) is 18.9 Å². The number of nitrogens with zero attached hydrogens (tertiary/aromatic N) is 7. The minimum absolute atomic E-state index is 0.0224. The third-order valence-corrected chi connectivity index (χ3v) is 4.55. The first-order chi connectivity index (χ1) is 14.7. The summed E-state index contributed by atoms with van der Waals surface area (Å²) < 4.78 is 37.9. The highest BCUT2D eigenvalue weighted by atomic mass is 35.5. The van der Waals surface area contributed by atoms with E-state index in [4.69, 9.17) is 11.6 Å². The first kappa shape index (κ1) is 22.4. The summed E-state index contributed by atoms with van der Waals surface area (Å²) in [6.45, 7) is 4.14. The number of alkyl halides is 3. The third kappa shape index (κ3) is 5.26. The van der Waals surface area contributed by atoms with Crippen LogP contribution >= 0.6 is 11.6 Å². The topological polar surface area (TPSA) is 102 Å². The zero-order valence-corrected chi connectivity index (χ0v) is 17.3. The summed E-state index contributed by atoms with van der Waals surface area (Å²) in [6.07, 6.45) is 1.19. The summed E-state index contributed by atoms with van der Waals surface area (Å²) in [6, 6.07) is 1.12. The summed E-state index contributed by atoms with van der Waals surface area (Å²) in [5, 5.41) is 11.1. The smallest absolute Gasteiger partial charge is 0.352 e. The Morgan fingerprint density at radius 3 is 2.42 bits per heavy atom. The van der Waals surface area contributed by atoms with Gasteiger partial charge in [0.25, 0.3) is 5.91 Å². The molecule has 0 aromatic carbocycles. The van der Waals surface area contributed by atoms with Gasteiger partial charge < -0.3 is 10.2 Å². The Morgan fingerprint density at radius 2 is 1.84 bits per heavy atom. The van der Waals surface area contributed by atoms with Crippen LogP contribution < -0.4 is 5.32 Å². The summed E-state index contributed by atoms with van der Waals surface area (Å²) >= 11 is 6.04. The number of aromatic nitrogens is 6. The quantitative estimate of drug-likeness (QED) is 0.585. The standard InChI is InChI=1S/C18H18ClF3N8O/c1-3-29(11(2)7-24-17-25-8-12(9-26-17)18(20,21)22)16(31)14-6-13(19)10-23-15(14)30-27-4-5-28-30/h4-6,8-11H,3,7H2,1-2H3,(H,24,25,26)/t11-/m0/s1. The van der Waals surface area contributed by atoms with Gasteiger partial charge in [-0.3, -0.25) is 4.79 Å². The summed E-state index contributed by atoms with van der Waals surface area (Å²) in [7, 11) is 0. The third-order valence-electron chi connectivity index (χ3n) is 4.34. The van der Waals surface area contributed by atoms with E-state index in [0.717, 1.165) is 0 Å². The molecule has 1 N–H and O–H groups in total. The van der Waals surface area contributed by atoms with Gasteiger partial charge in [0.15, 0.2) is 5.82 Å². The molecule has 3 heterocycles. The number of amides is 1. The molecule has 0 saturated heterocycles. The SMILES string of the molecule is CCN(C(=O)c1cc(Cl)cnc1-n1nccn1)[C@@H](C)CNc1ncc(C(F)(F)F)cn1. The second-order valence-corrected chi connectivity index (χ2v) is 6.89. The van der Waals surface area contributed by atoms with Crippen LogP contribution in [0.15, 0.2) is 37.1 Å². The van der Waals surface area contributed by atoms with Gasteiger partial charge in [0, 0.05) is 37.7 Å². The lowest BCUT2D eigenvalue weighted by molar-refractivity contribution is -0.138. The molecule has 3 aromatic heterocycles. The molecule has 0 unspecified atom stereocenters. The van der Waals surface area contributed by atoms with Crippen LogP contribution in [0.5, 0.6) is 0 Å². The molecule has 0 aliphatic carbocycles. The minimum Gasteiger partial charge on any atom is -0.352 e. The van der Waals surface area contributed by atoms with Crippen molar-refractivity contribution >= 4 is 23.5 Å². The molecule has 0 spiro atoms. The van der Waals surface area contributed by atoms with Crippen LogP contribution in [0.1, 0.15) is 29.8 Å². The Balaban J connectivity index is 1.74. The number of rotatable bonds is 7. The number of carbonyl (C=O) groups is 1. The molecule has 1 amide bonds. The van der Waals surface area contributed by atoms with E-state index in [1.165, 1.54) is 29.5 Å². The van der Waals surface area contributed by atoms with Gasteiger partial charge in [-0.25, -0.2) is 15.0 Å². The maximum absolute atomic E-state index is 13.2. The average molecular weight is 455 g/mol. The summed E-state index contributed by atoms with van der Waals surface area (Å²) in [5.74, 6) is -0.106. The van der Waals surface area contributed by atoms with Crippen LogP contribution in [0.3, 0.4) is 0 Å². The van der Waals surface area contributed by atoms with Crippen molar-refractivity contribution in [1.82, 2.24) is 34.8 Å². The normalized spacial score (nSPS) is 12.5. The van der Waals surface area contributed by atoms with Crippen LogP contribution in [0.2, 0.25) is 5.02 Å². The highest BCUT2D eigenvalue weighted by molar-refractivity contribution is 6.30. The van der Waals surface area contributed by atoms with E-state index in [1.54, 1.807) is 18.7 Å². The molecule has 3 rings (SSSR count). The van der Waals surface area contributed by atoms with Crippen LogP contribution in [-0.2, 0) is 6.18 Å². The van der Waals surface area contributed by atoms with E-state index in [-0.39, 0.29) is 40.8 Å². The first-order valence-electron chi connectivity index (χ1n) is 9.17. The Kier molecular flexibility index (Phi) is 6.68. The highest BCUT2D eigenvalue weighted by Gasteiger charge is 2.31. The van der Waals surface area contributed by atoms with Gasteiger partial charge >= 0.3 is 6.18 Å². The fraction of sp³-hybridized carbons (Fsp3) is 0.333. The van der Waals surface area contributed by atoms with Gasteiger partial charge in [-0.1, -0.05) is 11.6 Å². The van der Waals surface area contributed by atoms with Gasteiger partial charge in [0.2, 0.25) is 5.95 Å². The number of carbonyl (C=O) groups excluding carboxylic acids is 1. The van der Waals surface area contributed by atoms with Crippen molar-refractivity contribution in [2.45, 2.75) is 26.1 Å². The van der Waals surface area contributed by atoms with Crippen molar-refractivity contribution in [2.24, 2.45) is 0 Å². The molecule has 3 aromatic rings. The molecule has 0 saturated carbocycles. The molecule has 164 valence electrons. The van der Waals surface area contributed by atoms with E-state index in [2.05, 4.69) is 30.5 Å². The van der Waals surface area contributed by atoms with E-state index < -0.39 is 11.7 Å². The Labute approximate surface area is 180 Å². The van der Waals surface area contributed by atoms with Crippen molar-refractivity contribution in [3.05, 3.63) is 53.2 Å². The van der Waals surface area contributed by atoms with E-state index in [9.17, 15) is 18.0 Å². The largest absolute Gasteiger partial charge is 0.419 e. The van der Waals surface area contributed by atoms with E-state index >= 15 is 0 Å². The van der Waals surface area contributed by atoms with Gasteiger partial charge in [0.1, 0.15) is 0 Å². The molecule has 0 bridgehead atoms. The van der Waals surface area contributed by atoms with Crippen molar-refractivity contribution in [2.75, 3.05) is 18.4 Å². The van der Waals surface area contributed by atoms with Crippen molar-refractivity contribution < 1.29 is 18.0 Å². The molecule has 31 heavy (non-hydrogen) atoms. The summed E-state index contributed by atoms with van der Waals surface area (Å²) in [4.78, 5) is 27.5. The zero-order valence-electron chi connectivity index (χ0n) is 16.5. The van der Waals surface area contributed by atoms with Gasteiger partial charge in [-0.15, -0.1) is 4.80 Å². The highest BCUT2D eigenvalue weighted by Crippen LogP contribution is 2.28. The fourth-order valence-corrected chi connectivity index (χ4v) is 2.96. The molecule has 0 radical (unpaired) electrons. The van der Waals surface area contributed by atoms with Crippen LogP contribution in [0.4, 0.5) is 19.1 Å². The molecule has 9 nitrogen and oxygen atoms in total. The molecule has 13 heteroatoms. The average Bonchev–Trinajstić information content (AvgIpc) is 3.27. The number of nitrogens with one attached hydrogen (secondary N) is 1. The molecular formula is C18H18ClF3N8O. The fourth-order valence-electron chi connectivity index (χ4n) is 2.80. The van der Waals surface area contributed by atoms with Crippen LogP contribution in [-0.4, -0.2) is 59.9 Å². The first-order valence-corrected chi connectivity index (χ1v) is 9.54. The number of halogens is 4. The van der Waals surface area contributed by atoms with Crippen molar-refractivity contribution in [3.63, 3.8) is 0 Å². The summed E-state index contributed by atoms with van der Waals surface area (Å²) in [5.41, 5.74) is -0.729. The number of likely N-dealkylation sites (N-methyl/N-ethyl adjacent to an activating group) is 1. The van der Waals surface area contributed by atoms with Crippen molar-refractivity contribution in [3.8, 4) is 5.82 Å². The van der Waals surface area contributed by atoms with Gasteiger partial charge in [-0.2, -0.15) is 23.4 Å². The van der Waals surface area contributed by atoms with Gasteiger partial charge in [-0.05, 0) is 19.9 Å². The lowest BCUT2D eigenvalue weighted by Gasteiger charge is -2.28. The van der Waals surface area contributed by atoms with Gasteiger partial charge in [0.05, 0.1) is 28.5 Å². The predicted octanol–water partition coefficient (Wildman–Crippen LogP) is 3.09. The maximum atomic E-state index is 13.2. The second kappa shape index (κ2) is 9.25. The van der Waals surface area contributed by atoms with E-state index in [1.807, 2.05) is 0 Å². The predicted molar refractivity (Wildman–Crippen MR) is 106 cm³/mol.